The van der Waals surface area contributed by atoms with Crippen LogP contribution in [0.15, 0.2) is 18.2 Å². The first kappa shape index (κ1) is 14.2. The molecular formula is C14H19F3N2. The van der Waals surface area contributed by atoms with Crippen LogP contribution in [-0.4, -0.2) is 19.6 Å². The molecule has 1 aliphatic rings. The lowest BCUT2D eigenvalue weighted by Crippen LogP contribution is -2.22. The molecule has 106 valence electrons. The fraction of sp³-hybridized carbons (Fsp3) is 0.571. The maximum Gasteiger partial charge on any atom is 0.416 e. The van der Waals surface area contributed by atoms with Crippen molar-refractivity contribution in [1.29, 1.82) is 0 Å². The fourth-order valence-corrected chi connectivity index (χ4v) is 2.13. The van der Waals surface area contributed by atoms with Crippen LogP contribution in [0.1, 0.15) is 30.9 Å². The zero-order valence-electron chi connectivity index (χ0n) is 11.2. The monoisotopic (exact) mass is 272 g/mol. The van der Waals surface area contributed by atoms with Crippen LogP contribution in [0.2, 0.25) is 0 Å². The first-order valence-electron chi connectivity index (χ1n) is 6.57. The molecule has 0 saturated heterocycles. The predicted molar refractivity (Wildman–Crippen MR) is 70.2 cm³/mol. The van der Waals surface area contributed by atoms with Gasteiger partial charge in [-0.3, -0.25) is 0 Å². The molecule has 1 aliphatic carbocycles. The van der Waals surface area contributed by atoms with Gasteiger partial charge in [-0.1, -0.05) is 13.0 Å². The molecule has 0 amide bonds. The quantitative estimate of drug-likeness (QED) is 0.883. The van der Waals surface area contributed by atoms with Gasteiger partial charge in [0.05, 0.1) is 5.56 Å². The topological polar surface area (TPSA) is 15.3 Å². The van der Waals surface area contributed by atoms with E-state index < -0.39 is 11.7 Å². The molecule has 19 heavy (non-hydrogen) atoms. The van der Waals surface area contributed by atoms with Gasteiger partial charge in [-0.15, -0.1) is 0 Å². The van der Waals surface area contributed by atoms with E-state index in [4.69, 9.17) is 0 Å². The van der Waals surface area contributed by atoms with Gasteiger partial charge in [-0.05, 0) is 37.1 Å². The van der Waals surface area contributed by atoms with E-state index in [0.29, 0.717) is 23.8 Å². The Hall–Kier alpha value is -1.23. The molecule has 2 nitrogen and oxygen atoms in total. The number of hydrogen-bond donors (Lipinski definition) is 1. The number of benzene rings is 1. The van der Waals surface area contributed by atoms with Crippen LogP contribution in [0.3, 0.4) is 0 Å². The summed E-state index contributed by atoms with van der Waals surface area (Å²) in [4.78, 5) is 1.94. The smallest absolute Gasteiger partial charge is 0.372 e. The number of halogens is 3. The van der Waals surface area contributed by atoms with Crippen LogP contribution in [0.25, 0.3) is 0 Å². The number of rotatable bonds is 5. The van der Waals surface area contributed by atoms with Crippen molar-refractivity contribution < 1.29 is 13.2 Å². The summed E-state index contributed by atoms with van der Waals surface area (Å²) in [7, 11) is 1.86. The molecular weight excluding hydrogens is 253 g/mol. The molecule has 0 radical (unpaired) electrons. The first-order valence-corrected chi connectivity index (χ1v) is 6.57. The Labute approximate surface area is 111 Å². The van der Waals surface area contributed by atoms with Gasteiger partial charge in [0.2, 0.25) is 0 Å². The molecule has 2 rings (SSSR count). The van der Waals surface area contributed by atoms with Crippen LogP contribution in [0.5, 0.6) is 0 Å². The van der Waals surface area contributed by atoms with Gasteiger partial charge in [-0.25, -0.2) is 0 Å². The van der Waals surface area contributed by atoms with Gasteiger partial charge in [0, 0.05) is 25.3 Å². The zero-order valence-corrected chi connectivity index (χ0v) is 11.2. The minimum absolute atomic E-state index is 0.249. The molecule has 0 heterocycles. The van der Waals surface area contributed by atoms with E-state index in [1.54, 1.807) is 12.1 Å². The Morgan fingerprint density at radius 3 is 2.53 bits per heavy atom. The second-order valence-electron chi connectivity index (χ2n) is 4.96. The molecule has 1 aromatic carbocycles. The van der Waals surface area contributed by atoms with E-state index in [2.05, 4.69) is 5.32 Å². The molecule has 1 fully saturated rings. The minimum atomic E-state index is -4.30. The standard InChI is InChI=1S/C14H19F3N2/c1-3-18-9-10-4-5-12(19(2)11-6-7-11)8-13(10)14(15,16)17/h4-5,8,11,18H,3,6-7,9H2,1-2H3. The molecule has 0 unspecified atom stereocenters. The van der Waals surface area contributed by atoms with Crippen molar-refractivity contribution in [1.82, 2.24) is 5.32 Å². The van der Waals surface area contributed by atoms with Gasteiger partial charge in [0.15, 0.2) is 0 Å². The van der Waals surface area contributed by atoms with Crippen LogP contribution >= 0.6 is 0 Å². The second-order valence-corrected chi connectivity index (χ2v) is 4.96. The van der Waals surface area contributed by atoms with Gasteiger partial charge in [-0.2, -0.15) is 13.2 Å². The van der Waals surface area contributed by atoms with Gasteiger partial charge in [0.25, 0.3) is 0 Å². The average Bonchev–Trinajstić information content (AvgIpc) is 3.18. The number of alkyl halides is 3. The zero-order chi connectivity index (χ0) is 14.0. The lowest BCUT2D eigenvalue weighted by Gasteiger charge is -2.22. The van der Waals surface area contributed by atoms with Crippen molar-refractivity contribution in [2.45, 2.75) is 38.5 Å². The van der Waals surface area contributed by atoms with Gasteiger partial charge < -0.3 is 10.2 Å². The van der Waals surface area contributed by atoms with Crippen molar-refractivity contribution in [3.05, 3.63) is 29.3 Å². The number of hydrogen-bond acceptors (Lipinski definition) is 2. The van der Waals surface area contributed by atoms with E-state index in [0.717, 1.165) is 12.8 Å². The molecule has 1 N–H and O–H groups in total. The summed E-state index contributed by atoms with van der Waals surface area (Å²) in [6.45, 7) is 2.78. The summed E-state index contributed by atoms with van der Waals surface area (Å²) in [6, 6.07) is 5.03. The highest BCUT2D eigenvalue weighted by atomic mass is 19.4. The predicted octanol–water partition coefficient (Wildman–Crippen LogP) is 3.41. The third-order valence-electron chi connectivity index (χ3n) is 3.47. The Morgan fingerprint density at radius 1 is 1.32 bits per heavy atom. The molecule has 0 atom stereocenters. The number of nitrogens with zero attached hydrogens (tertiary/aromatic N) is 1. The maximum absolute atomic E-state index is 13.1. The Kier molecular flexibility index (Phi) is 4.04. The lowest BCUT2D eigenvalue weighted by molar-refractivity contribution is -0.138. The fourth-order valence-electron chi connectivity index (χ4n) is 2.13. The number of nitrogens with one attached hydrogen (secondary N) is 1. The van der Waals surface area contributed by atoms with Crippen molar-refractivity contribution in [2.75, 3.05) is 18.5 Å². The first-order chi connectivity index (χ1) is 8.93. The second kappa shape index (κ2) is 5.41. The van der Waals surface area contributed by atoms with E-state index >= 15 is 0 Å². The van der Waals surface area contributed by atoms with Crippen LogP contribution in [0.4, 0.5) is 18.9 Å². The van der Waals surface area contributed by atoms with Crippen molar-refractivity contribution >= 4 is 5.69 Å². The van der Waals surface area contributed by atoms with Crippen molar-refractivity contribution in [3.8, 4) is 0 Å². The number of anilines is 1. The Bertz CT molecular complexity index is 439. The maximum atomic E-state index is 13.1. The summed E-state index contributed by atoms with van der Waals surface area (Å²) in [6.07, 6.45) is -2.17. The third-order valence-corrected chi connectivity index (χ3v) is 3.47. The summed E-state index contributed by atoms with van der Waals surface area (Å²) in [5, 5.41) is 2.95. The van der Waals surface area contributed by atoms with Crippen molar-refractivity contribution in [3.63, 3.8) is 0 Å². The van der Waals surface area contributed by atoms with Crippen molar-refractivity contribution in [2.24, 2.45) is 0 Å². The van der Waals surface area contributed by atoms with E-state index in [1.807, 2.05) is 18.9 Å². The summed E-state index contributed by atoms with van der Waals surface area (Å²) in [5.74, 6) is 0. The van der Waals surface area contributed by atoms with Crippen LogP contribution < -0.4 is 10.2 Å². The highest BCUT2D eigenvalue weighted by Gasteiger charge is 2.34. The van der Waals surface area contributed by atoms with E-state index in [-0.39, 0.29) is 6.54 Å². The van der Waals surface area contributed by atoms with Gasteiger partial charge >= 0.3 is 6.18 Å². The summed E-state index contributed by atoms with van der Waals surface area (Å²) in [5.41, 5.74) is 0.427. The molecule has 0 spiro atoms. The molecule has 5 heteroatoms. The minimum Gasteiger partial charge on any atom is -0.372 e. The summed E-state index contributed by atoms with van der Waals surface area (Å²) >= 11 is 0. The van der Waals surface area contributed by atoms with E-state index in [9.17, 15) is 13.2 Å². The van der Waals surface area contributed by atoms with Crippen LogP contribution in [-0.2, 0) is 12.7 Å². The molecule has 0 aromatic heterocycles. The Morgan fingerprint density at radius 2 is 2.00 bits per heavy atom. The largest absolute Gasteiger partial charge is 0.416 e. The molecule has 1 saturated carbocycles. The highest BCUT2D eigenvalue weighted by molar-refractivity contribution is 5.53. The van der Waals surface area contributed by atoms with Gasteiger partial charge in [0.1, 0.15) is 0 Å². The average molecular weight is 272 g/mol. The molecule has 1 aromatic rings. The molecule has 0 bridgehead atoms. The SMILES string of the molecule is CCNCc1ccc(N(C)C2CC2)cc1C(F)(F)F. The van der Waals surface area contributed by atoms with E-state index in [1.165, 1.54) is 6.07 Å². The lowest BCUT2D eigenvalue weighted by atomic mass is 10.1. The Balaban J connectivity index is 2.29. The van der Waals surface area contributed by atoms with Crippen LogP contribution in [0, 0.1) is 0 Å². The third kappa shape index (κ3) is 3.41. The normalized spacial score (nSPS) is 15.6. The highest BCUT2D eigenvalue weighted by Crippen LogP contribution is 2.37. The molecule has 0 aliphatic heterocycles. The summed E-state index contributed by atoms with van der Waals surface area (Å²) < 4.78 is 39.3.